The van der Waals surface area contributed by atoms with Crippen molar-refractivity contribution in [2.24, 2.45) is 0 Å². The van der Waals surface area contributed by atoms with Crippen LogP contribution in [0.5, 0.6) is 0 Å². The van der Waals surface area contributed by atoms with Gasteiger partial charge in [-0.1, -0.05) is 30.3 Å². The van der Waals surface area contributed by atoms with E-state index in [-0.39, 0.29) is 44.0 Å². The summed E-state index contributed by atoms with van der Waals surface area (Å²) in [5.74, 6) is -2.01. The van der Waals surface area contributed by atoms with Crippen molar-refractivity contribution >= 4 is 17.8 Å². The minimum Gasteiger partial charge on any atom is -0.479 e. The number of carboxylic acid groups (broad SMARTS) is 1. The number of aliphatic carboxylic acids is 1. The minimum absolute atomic E-state index is 0.0573. The highest BCUT2D eigenvalue weighted by atomic mass is 16.4. The van der Waals surface area contributed by atoms with Crippen molar-refractivity contribution in [3.8, 4) is 0 Å². The molecule has 0 aliphatic carbocycles. The van der Waals surface area contributed by atoms with Crippen molar-refractivity contribution in [2.45, 2.75) is 30.9 Å². The zero-order valence-corrected chi connectivity index (χ0v) is 15.2. The van der Waals surface area contributed by atoms with Crippen LogP contribution in [-0.2, 0) is 16.0 Å². The third-order valence-electron chi connectivity index (χ3n) is 4.93. The first-order chi connectivity index (χ1) is 13.4. The van der Waals surface area contributed by atoms with Crippen molar-refractivity contribution in [2.75, 3.05) is 13.1 Å². The van der Waals surface area contributed by atoms with E-state index in [0.717, 1.165) is 5.56 Å². The third kappa shape index (κ3) is 4.40. The van der Waals surface area contributed by atoms with Gasteiger partial charge in [-0.15, -0.1) is 0 Å². The molecule has 2 heterocycles. The summed E-state index contributed by atoms with van der Waals surface area (Å²) in [5, 5.41) is 21.9. The Balaban J connectivity index is 1.73. The number of aliphatic hydroxyl groups is 1. The Kier molecular flexibility index (Phi) is 5.79. The van der Waals surface area contributed by atoms with Crippen LogP contribution in [0.2, 0.25) is 0 Å². The van der Waals surface area contributed by atoms with Gasteiger partial charge in [-0.25, -0.2) is 4.79 Å². The van der Waals surface area contributed by atoms with Gasteiger partial charge in [-0.2, -0.15) is 0 Å². The summed E-state index contributed by atoms with van der Waals surface area (Å²) in [6.45, 7) is 0.201. The minimum atomic E-state index is -1.82. The van der Waals surface area contributed by atoms with E-state index in [0.29, 0.717) is 0 Å². The standard InChI is InChI=1S/C20H22N2O6/c23-17(16-7-4-12-28-16)21-15(13-14-5-2-1-3-6-14)18(24)22-10-8-20(27,9-11-22)19(25)26/h1-7,12,15,27H,8-11,13H2,(H,21,23)(H,25,26). The number of carbonyl (C=O) groups is 3. The van der Waals surface area contributed by atoms with Gasteiger partial charge in [0.25, 0.3) is 5.91 Å². The van der Waals surface area contributed by atoms with Crippen LogP contribution in [0.1, 0.15) is 29.0 Å². The lowest BCUT2D eigenvalue weighted by Gasteiger charge is -2.37. The molecule has 0 bridgehead atoms. The van der Waals surface area contributed by atoms with Gasteiger partial charge in [0.15, 0.2) is 11.4 Å². The zero-order chi connectivity index (χ0) is 20.1. The number of amides is 2. The second kappa shape index (κ2) is 8.26. The normalized spacial score (nSPS) is 17.0. The van der Waals surface area contributed by atoms with Crippen LogP contribution in [0, 0.1) is 0 Å². The number of piperidine rings is 1. The SMILES string of the molecule is O=C(NC(Cc1ccccc1)C(=O)N1CCC(O)(C(=O)O)CC1)c1ccco1. The predicted octanol–water partition coefficient (Wildman–Crippen LogP) is 1.06. The van der Waals surface area contributed by atoms with Gasteiger partial charge in [-0.05, 0) is 17.7 Å². The first-order valence-corrected chi connectivity index (χ1v) is 9.02. The molecule has 8 nitrogen and oxygen atoms in total. The molecule has 28 heavy (non-hydrogen) atoms. The van der Waals surface area contributed by atoms with Gasteiger partial charge in [0.1, 0.15) is 6.04 Å². The summed E-state index contributed by atoms with van der Waals surface area (Å²) in [5.41, 5.74) is -0.942. The van der Waals surface area contributed by atoms with E-state index in [9.17, 15) is 19.5 Å². The molecule has 2 amide bonds. The number of nitrogens with zero attached hydrogens (tertiary/aromatic N) is 1. The summed E-state index contributed by atoms with van der Waals surface area (Å²) >= 11 is 0. The van der Waals surface area contributed by atoms with Gasteiger partial charge in [0, 0.05) is 32.4 Å². The predicted molar refractivity (Wildman–Crippen MR) is 98.5 cm³/mol. The lowest BCUT2D eigenvalue weighted by molar-refractivity contribution is -0.165. The van der Waals surface area contributed by atoms with Crippen molar-refractivity contribution in [3.05, 3.63) is 60.1 Å². The summed E-state index contributed by atoms with van der Waals surface area (Å²) in [7, 11) is 0. The van der Waals surface area contributed by atoms with Crippen LogP contribution in [0.25, 0.3) is 0 Å². The zero-order valence-electron chi connectivity index (χ0n) is 15.2. The highest BCUT2D eigenvalue weighted by molar-refractivity contribution is 5.95. The summed E-state index contributed by atoms with van der Waals surface area (Å²) in [6, 6.07) is 11.5. The van der Waals surface area contributed by atoms with Crippen LogP contribution in [-0.4, -0.2) is 57.6 Å². The number of furan rings is 1. The second-order valence-corrected chi connectivity index (χ2v) is 6.86. The van der Waals surface area contributed by atoms with E-state index in [2.05, 4.69) is 5.32 Å². The average Bonchev–Trinajstić information content (AvgIpc) is 3.23. The Hall–Kier alpha value is -3.13. The molecule has 3 rings (SSSR count). The first kappa shape index (κ1) is 19.6. The molecular weight excluding hydrogens is 364 g/mol. The summed E-state index contributed by atoms with van der Waals surface area (Å²) in [4.78, 5) is 38.1. The quantitative estimate of drug-likeness (QED) is 0.683. The highest BCUT2D eigenvalue weighted by Gasteiger charge is 2.41. The molecule has 1 aliphatic rings. The average molecular weight is 386 g/mol. The van der Waals surface area contributed by atoms with E-state index >= 15 is 0 Å². The maximum absolute atomic E-state index is 13.0. The number of hydrogen-bond acceptors (Lipinski definition) is 5. The Labute approximate surface area is 161 Å². The van der Waals surface area contributed by atoms with Crippen molar-refractivity contribution in [3.63, 3.8) is 0 Å². The van der Waals surface area contributed by atoms with Crippen LogP contribution < -0.4 is 5.32 Å². The monoisotopic (exact) mass is 386 g/mol. The smallest absolute Gasteiger partial charge is 0.335 e. The molecule has 1 aliphatic heterocycles. The molecular formula is C20H22N2O6. The van der Waals surface area contributed by atoms with Crippen molar-refractivity contribution < 1.29 is 29.0 Å². The topological polar surface area (TPSA) is 120 Å². The molecule has 1 unspecified atom stereocenters. The van der Waals surface area contributed by atoms with E-state index < -0.39 is 23.5 Å². The van der Waals surface area contributed by atoms with Gasteiger partial charge in [-0.3, -0.25) is 9.59 Å². The van der Waals surface area contributed by atoms with Crippen LogP contribution >= 0.6 is 0 Å². The molecule has 148 valence electrons. The number of carbonyl (C=O) groups excluding carboxylic acids is 2. The van der Waals surface area contributed by atoms with E-state index in [1.807, 2.05) is 30.3 Å². The Bertz CT molecular complexity index is 826. The molecule has 1 aromatic heterocycles. The number of carboxylic acids is 1. The Morgan fingerprint density at radius 1 is 1.11 bits per heavy atom. The maximum atomic E-state index is 13.0. The first-order valence-electron chi connectivity index (χ1n) is 9.02. The van der Waals surface area contributed by atoms with Crippen LogP contribution in [0.15, 0.2) is 53.1 Å². The Morgan fingerprint density at radius 2 is 1.79 bits per heavy atom. The summed E-state index contributed by atoms with van der Waals surface area (Å²) < 4.78 is 5.09. The molecule has 8 heteroatoms. The maximum Gasteiger partial charge on any atom is 0.335 e. The molecule has 3 N–H and O–H groups in total. The van der Waals surface area contributed by atoms with Crippen LogP contribution in [0.3, 0.4) is 0 Å². The fraction of sp³-hybridized carbons (Fsp3) is 0.350. The third-order valence-corrected chi connectivity index (χ3v) is 4.93. The van der Waals surface area contributed by atoms with Gasteiger partial charge >= 0.3 is 5.97 Å². The van der Waals surface area contributed by atoms with E-state index in [4.69, 9.17) is 9.52 Å². The highest BCUT2D eigenvalue weighted by Crippen LogP contribution is 2.23. The molecule has 0 saturated carbocycles. The van der Waals surface area contributed by atoms with Gasteiger partial charge in [0.2, 0.25) is 5.91 Å². The number of hydrogen-bond donors (Lipinski definition) is 3. The van der Waals surface area contributed by atoms with E-state index in [1.54, 1.807) is 6.07 Å². The number of nitrogens with one attached hydrogen (secondary N) is 1. The molecule has 2 aromatic rings. The van der Waals surface area contributed by atoms with Crippen molar-refractivity contribution in [1.29, 1.82) is 0 Å². The second-order valence-electron chi connectivity index (χ2n) is 6.86. The molecule has 1 fully saturated rings. The van der Waals surface area contributed by atoms with Crippen LogP contribution in [0.4, 0.5) is 0 Å². The number of likely N-dealkylation sites (tertiary alicyclic amines) is 1. The fourth-order valence-corrected chi connectivity index (χ4v) is 3.22. The lowest BCUT2D eigenvalue weighted by Crippen LogP contribution is -2.56. The molecule has 1 aromatic carbocycles. The molecule has 0 spiro atoms. The molecule has 0 radical (unpaired) electrons. The number of rotatable bonds is 6. The summed E-state index contributed by atoms with van der Waals surface area (Å²) in [6.07, 6.45) is 1.54. The van der Waals surface area contributed by atoms with E-state index in [1.165, 1.54) is 17.2 Å². The molecule has 1 atom stereocenters. The lowest BCUT2D eigenvalue weighted by atomic mass is 9.91. The fourth-order valence-electron chi connectivity index (χ4n) is 3.22. The van der Waals surface area contributed by atoms with Crippen molar-refractivity contribution in [1.82, 2.24) is 10.2 Å². The molecule has 1 saturated heterocycles. The van der Waals surface area contributed by atoms with Gasteiger partial charge < -0.3 is 24.8 Å². The van der Waals surface area contributed by atoms with Gasteiger partial charge in [0.05, 0.1) is 6.26 Å². The Morgan fingerprint density at radius 3 is 2.36 bits per heavy atom. The number of benzene rings is 1. The largest absolute Gasteiger partial charge is 0.479 e.